The monoisotopic (exact) mass is 736 g/mol. The van der Waals surface area contributed by atoms with Gasteiger partial charge in [0.15, 0.2) is 9.84 Å². The second kappa shape index (κ2) is 20.4. The molecule has 14 heteroatoms. The number of benzene rings is 2. The molecule has 0 radical (unpaired) electrons. The highest BCUT2D eigenvalue weighted by Crippen LogP contribution is 2.19. The first-order chi connectivity index (χ1) is 24.2. The van der Waals surface area contributed by atoms with Crippen LogP contribution in [0.3, 0.4) is 0 Å². The summed E-state index contributed by atoms with van der Waals surface area (Å²) in [6, 6.07) is 8.34. The molecule has 2 aromatic rings. The van der Waals surface area contributed by atoms with Crippen molar-refractivity contribution < 1.29 is 41.1 Å². The lowest BCUT2D eigenvalue weighted by Gasteiger charge is -2.31. The number of nitrogens with zero attached hydrogens (tertiary/aromatic N) is 1. The van der Waals surface area contributed by atoms with Crippen LogP contribution in [-0.4, -0.2) is 86.2 Å². The molecule has 1 fully saturated rings. The van der Waals surface area contributed by atoms with Crippen LogP contribution in [0.1, 0.15) is 82.9 Å². The number of hydrogen-bond acceptors (Lipinski definition) is 9. The van der Waals surface area contributed by atoms with Crippen molar-refractivity contribution in [2.24, 2.45) is 5.73 Å². The minimum atomic E-state index is -3.91. The highest BCUT2D eigenvalue weighted by atomic mass is 32.2. The molecule has 11 nitrogen and oxygen atoms in total. The standard InChI is InChI=1S/C37H54F2N4O7S/c1-5-9-32(10-6-2)51(47,48)24-34(42-37(46)49-31-13-15-43(16-14-31)25(4)44)36(45)50-35(23-41-22-27-12-8-11-26(7-3)17-27)33(40)20-28-18-29(38)21-30(39)19-28/h8,11-12,17-19,21,31-35,41H,5-7,9-10,13-16,20,22-24,40H2,1-4H3,(H,42,46)/t33-,34?,35+/m0/s1. The molecule has 0 spiro atoms. The minimum absolute atomic E-state index is 0.0218. The molecule has 0 aromatic heterocycles. The maximum Gasteiger partial charge on any atom is 0.408 e. The highest BCUT2D eigenvalue weighted by molar-refractivity contribution is 7.92. The largest absolute Gasteiger partial charge is 0.458 e. The van der Waals surface area contributed by atoms with Crippen LogP contribution in [0, 0.1) is 11.6 Å². The molecule has 2 amide bonds. The van der Waals surface area contributed by atoms with Crippen molar-refractivity contribution in [3.05, 3.63) is 70.8 Å². The van der Waals surface area contributed by atoms with E-state index in [1.54, 1.807) is 4.90 Å². The smallest absolute Gasteiger partial charge is 0.408 e. The molecule has 1 unspecified atom stereocenters. The molecule has 1 saturated heterocycles. The van der Waals surface area contributed by atoms with Gasteiger partial charge in [-0.1, -0.05) is 57.9 Å². The van der Waals surface area contributed by atoms with E-state index in [1.165, 1.54) is 6.92 Å². The summed E-state index contributed by atoms with van der Waals surface area (Å²) in [6.07, 6.45) is 0.945. The van der Waals surface area contributed by atoms with Gasteiger partial charge >= 0.3 is 12.1 Å². The summed E-state index contributed by atoms with van der Waals surface area (Å²) in [4.78, 5) is 40.4. The van der Waals surface area contributed by atoms with E-state index in [2.05, 4.69) is 10.6 Å². The first-order valence-electron chi connectivity index (χ1n) is 17.9. The molecule has 3 atom stereocenters. The normalized spacial score (nSPS) is 15.6. The molecular formula is C37H54F2N4O7S. The van der Waals surface area contributed by atoms with E-state index >= 15 is 0 Å². The van der Waals surface area contributed by atoms with Gasteiger partial charge in [-0.3, -0.25) is 4.79 Å². The minimum Gasteiger partial charge on any atom is -0.458 e. The van der Waals surface area contributed by atoms with E-state index in [0.29, 0.717) is 58.2 Å². The van der Waals surface area contributed by atoms with E-state index in [0.717, 1.165) is 35.7 Å². The van der Waals surface area contributed by atoms with Crippen LogP contribution >= 0.6 is 0 Å². The van der Waals surface area contributed by atoms with Gasteiger partial charge in [0.1, 0.15) is 29.9 Å². The third-order valence-corrected chi connectivity index (χ3v) is 11.4. The first kappa shape index (κ1) is 41.8. The van der Waals surface area contributed by atoms with Crippen LogP contribution in [0.4, 0.5) is 13.6 Å². The zero-order chi connectivity index (χ0) is 37.6. The number of esters is 1. The van der Waals surface area contributed by atoms with Crippen molar-refractivity contribution >= 4 is 27.8 Å². The Morgan fingerprint density at radius 3 is 2.18 bits per heavy atom. The number of aryl methyl sites for hydroxylation is 1. The number of nitrogens with one attached hydrogen (secondary N) is 2. The number of sulfone groups is 1. The Bertz CT molecular complexity index is 1530. The van der Waals surface area contributed by atoms with Gasteiger partial charge in [0.05, 0.1) is 11.0 Å². The highest BCUT2D eigenvalue weighted by Gasteiger charge is 2.36. The van der Waals surface area contributed by atoms with E-state index in [-0.39, 0.29) is 24.4 Å². The van der Waals surface area contributed by atoms with Gasteiger partial charge in [-0.2, -0.15) is 0 Å². The van der Waals surface area contributed by atoms with Crippen molar-refractivity contribution in [2.45, 2.75) is 115 Å². The summed E-state index contributed by atoms with van der Waals surface area (Å²) in [5, 5.41) is 4.95. The van der Waals surface area contributed by atoms with Crippen LogP contribution in [0.2, 0.25) is 0 Å². The lowest BCUT2D eigenvalue weighted by atomic mass is 10.0. The van der Waals surface area contributed by atoms with E-state index < -0.39 is 68.8 Å². The SMILES string of the molecule is CCCC(CCC)S(=O)(=O)CC(NC(=O)OC1CCN(C(C)=O)CC1)C(=O)O[C@H](CNCc1cccc(CC)c1)[C@@H](N)Cc1cc(F)cc(F)c1. The Balaban J connectivity index is 1.84. The molecule has 1 aliphatic heterocycles. The van der Waals surface area contributed by atoms with Crippen LogP contribution in [0.5, 0.6) is 0 Å². The van der Waals surface area contributed by atoms with Gasteiger partial charge < -0.3 is 30.7 Å². The molecule has 51 heavy (non-hydrogen) atoms. The molecule has 0 saturated carbocycles. The van der Waals surface area contributed by atoms with Gasteiger partial charge in [-0.25, -0.2) is 26.8 Å². The molecule has 4 N–H and O–H groups in total. The van der Waals surface area contributed by atoms with Gasteiger partial charge in [-0.05, 0) is 54.5 Å². The lowest BCUT2D eigenvalue weighted by molar-refractivity contribution is -0.152. The van der Waals surface area contributed by atoms with Crippen LogP contribution in [0.15, 0.2) is 42.5 Å². The Labute approximate surface area is 300 Å². The van der Waals surface area contributed by atoms with Crippen molar-refractivity contribution in [1.82, 2.24) is 15.5 Å². The second-order valence-electron chi connectivity index (χ2n) is 13.3. The zero-order valence-corrected chi connectivity index (χ0v) is 31.0. The second-order valence-corrected chi connectivity index (χ2v) is 15.6. The fourth-order valence-corrected chi connectivity index (χ4v) is 8.41. The third-order valence-electron chi connectivity index (χ3n) is 9.08. The van der Waals surface area contributed by atoms with E-state index in [9.17, 15) is 31.6 Å². The Hall–Kier alpha value is -3.62. The van der Waals surface area contributed by atoms with Gasteiger partial charge in [0.25, 0.3) is 0 Å². The fourth-order valence-electron chi connectivity index (χ4n) is 6.26. The first-order valence-corrected chi connectivity index (χ1v) is 19.6. The number of amides is 2. The number of nitrogens with two attached hydrogens (primary N) is 1. The number of halogens is 2. The Morgan fingerprint density at radius 1 is 0.961 bits per heavy atom. The summed E-state index contributed by atoms with van der Waals surface area (Å²) >= 11 is 0. The van der Waals surface area contributed by atoms with E-state index in [1.807, 2.05) is 45.0 Å². The lowest BCUT2D eigenvalue weighted by Crippen LogP contribution is -2.53. The van der Waals surface area contributed by atoms with Crippen molar-refractivity contribution in [1.29, 1.82) is 0 Å². The quantitative estimate of drug-likeness (QED) is 0.176. The number of carbonyl (C=O) groups is 3. The molecule has 284 valence electrons. The Morgan fingerprint density at radius 2 is 1.59 bits per heavy atom. The average Bonchev–Trinajstić information content (AvgIpc) is 3.07. The molecule has 0 aliphatic carbocycles. The maximum atomic E-state index is 14.0. The van der Waals surface area contributed by atoms with Gasteiger partial charge in [-0.15, -0.1) is 0 Å². The van der Waals surface area contributed by atoms with Crippen LogP contribution in [0.25, 0.3) is 0 Å². The predicted molar refractivity (Wildman–Crippen MR) is 192 cm³/mol. The molecular weight excluding hydrogens is 682 g/mol. The third kappa shape index (κ3) is 13.8. The number of carbonyl (C=O) groups excluding carboxylic acids is 3. The Kier molecular flexibility index (Phi) is 16.7. The molecule has 0 bridgehead atoms. The number of hydrogen-bond donors (Lipinski definition) is 3. The van der Waals surface area contributed by atoms with Crippen molar-refractivity contribution in [3.63, 3.8) is 0 Å². The zero-order valence-electron chi connectivity index (χ0n) is 30.2. The molecule has 2 aromatic carbocycles. The summed E-state index contributed by atoms with van der Waals surface area (Å²) in [6.45, 7) is 8.46. The van der Waals surface area contributed by atoms with Crippen molar-refractivity contribution in [2.75, 3.05) is 25.4 Å². The summed E-state index contributed by atoms with van der Waals surface area (Å²) in [7, 11) is -3.91. The topological polar surface area (TPSA) is 157 Å². The van der Waals surface area contributed by atoms with Crippen LogP contribution < -0.4 is 16.4 Å². The number of piperidine rings is 1. The van der Waals surface area contributed by atoms with Crippen molar-refractivity contribution in [3.8, 4) is 0 Å². The number of ether oxygens (including phenoxy) is 2. The number of rotatable bonds is 19. The molecule has 3 rings (SSSR count). The molecule has 1 heterocycles. The summed E-state index contributed by atoms with van der Waals surface area (Å²) in [5.41, 5.74) is 8.87. The van der Waals surface area contributed by atoms with Gasteiger partial charge in [0, 0.05) is 58.1 Å². The number of alkyl carbamates (subject to hydrolysis) is 1. The fraction of sp³-hybridized carbons (Fsp3) is 0.595. The number of likely N-dealkylation sites (tertiary alicyclic amines) is 1. The summed E-state index contributed by atoms with van der Waals surface area (Å²) < 4.78 is 66.8. The van der Waals surface area contributed by atoms with Crippen LogP contribution in [-0.2, 0) is 48.3 Å². The van der Waals surface area contributed by atoms with E-state index in [4.69, 9.17) is 15.2 Å². The average molecular weight is 737 g/mol. The predicted octanol–water partition coefficient (Wildman–Crippen LogP) is 4.59. The van der Waals surface area contributed by atoms with Gasteiger partial charge in [0.2, 0.25) is 5.91 Å². The summed E-state index contributed by atoms with van der Waals surface area (Å²) in [5.74, 6) is -3.40. The maximum absolute atomic E-state index is 14.0. The molecule has 1 aliphatic rings.